The standard InChI is InChI=1S/C15H17ClF3N3O4S/c1-8(20-14(24)22-10-4-5-27(25,26)7-10)13(23)21-9-2-3-12(16)11(6-9)15(17,18)19/h2-3,6,8,10H,4-5,7H2,1H3,(H,21,23)(H2,20,22,24)/t8-,10-/m0/s1. The van der Waals surface area contributed by atoms with E-state index in [0.29, 0.717) is 6.07 Å². The van der Waals surface area contributed by atoms with Crippen LogP contribution in [0, 0.1) is 0 Å². The molecule has 1 saturated heterocycles. The molecule has 1 aromatic rings. The van der Waals surface area contributed by atoms with E-state index in [1.54, 1.807) is 0 Å². The molecule has 1 aliphatic heterocycles. The summed E-state index contributed by atoms with van der Waals surface area (Å²) >= 11 is 5.51. The van der Waals surface area contributed by atoms with Crippen LogP contribution in [0.4, 0.5) is 23.7 Å². The number of carbonyl (C=O) groups is 2. The Morgan fingerprint density at radius 3 is 2.52 bits per heavy atom. The molecule has 3 amide bonds. The lowest BCUT2D eigenvalue weighted by Gasteiger charge is -2.17. The van der Waals surface area contributed by atoms with Crippen LogP contribution >= 0.6 is 11.6 Å². The number of carbonyl (C=O) groups excluding carboxylic acids is 2. The Morgan fingerprint density at radius 1 is 1.30 bits per heavy atom. The Bertz CT molecular complexity index is 845. The first-order chi connectivity index (χ1) is 12.4. The normalized spacial score (nSPS) is 20.0. The van der Waals surface area contributed by atoms with Gasteiger partial charge in [0, 0.05) is 11.7 Å². The summed E-state index contributed by atoms with van der Waals surface area (Å²) in [5.41, 5.74) is -1.23. The molecule has 0 bridgehead atoms. The predicted molar refractivity (Wildman–Crippen MR) is 93.3 cm³/mol. The number of sulfone groups is 1. The van der Waals surface area contributed by atoms with Gasteiger partial charge in [0.05, 0.1) is 22.1 Å². The zero-order valence-corrected chi connectivity index (χ0v) is 15.6. The first-order valence-electron chi connectivity index (χ1n) is 7.82. The van der Waals surface area contributed by atoms with E-state index in [0.717, 1.165) is 6.07 Å². The molecule has 0 unspecified atom stereocenters. The second-order valence-corrected chi connectivity index (χ2v) is 8.76. The summed E-state index contributed by atoms with van der Waals surface area (Å²) in [4.78, 5) is 23.9. The van der Waals surface area contributed by atoms with E-state index in [4.69, 9.17) is 11.6 Å². The highest BCUT2D eigenvalue weighted by atomic mass is 35.5. The largest absolute Gasteiger partial charge is 0.417 e. The Hall–Kier alpha value is -2.01. The van der Waals surface area contributed by atoms with Crippen LogP contribution in [-0.2, 0) is 20.8 Å². The maximum atomic E-state index is 12.8. The lowest BCUT2D eigenvalue weighted by atomic mass is 10.2. The third-order valence-electron chi connectivity index (χ3n) is 3.85. The lowest BCUT2D eigenvalue weighted by molar-refractivity contribution is -0.137. The molecule has 0 aromatic heterocycles. The van der Waals surface area contributed by atoms with Crippen molar-refractivity contribution in [3.63, 3.8) is 0 Å². The summed E-state index contributed by atoms with van der Waals surface area (Å²) in [7, 11) is -3.17. The molecule has 0 saturated carbocycles. The number of hydrogen-bond donors (Lipinski definition) is 3. The van der Waals surface area contributed by atoms with Crippen molar-refractivity contribution < 1.29 is 31.2 Å². The second-order valence-electron chi connectivity index (χ2n) is 6.12. The van der Waals surface area contributed by atoms with Crippen molar-refractivity contribution in [1.29, 1.82) is 0 Å². The minimum Gasteiger partial charge on any atom is -0.334 e. The van der Waals surface area contributed by atoms with Gasteiger partial charge in [0.1, 0.15) is 6.04 Å². The first-order valence-corrected chi connectivity index (χ1v) is 10.0. The summed E-state index contributed by atoms with van der Waals surface area (Å²) in [6.07, 6.45) is -4.40. The molecular formula is C15H17ClF3N3O4S. The molecule has 1 aliphatic rings. The van der Waals surface area contributed by atoms with Crippen molar-refractivity contribution in [1.82, 2.24) is 10.6 Å². The zero-order valence-electron chi connectivity index (χ0n) is 14.1. The van der Waals surface area contributed by atoms with Crippen molar-refractivity contribution in [3.05, 3.63) is 28.8 Å². The van der Waals surface area contributed by atoms with Crippen molar-refractivity contribution in [2.24, 2.45) is 0 Å². The van der Waals surface area contributed by atoms with Gasteiger partial charge in [-0.1, -0.05) is 11.6 Å². The van der Waals surface area contributed by atoms with Gasteiger partial charge in [-0.2, -0.15) is 13.2 Å². The van der Waals surface area contributed by atoms with Crippen LogP contribution in [0.15, 0.2) is 18.2 Å². The Morgan fingerprint density at radius 2 is 1.96 bits per heavy atom. The SMILES string of the molecule is C[C@H](NC(=O)N[C@H]1CCS(=O)(=O)C1)C(=O)Nc1ccc(Cl)c(C(F)(F)F)c1. The molecule has 27 heavy (non-hydrogen) atoms. The van der Waals surface area contributed by atoms with Crippen molar-refractivity contribution in [3.8, 4) is 0 Å². The van der Waals surface area contributed by atoms with Crippen LogP contribution in [0.2, 0.25) is 5.02 Å². The molecule has 3 N–H and O–H groups in total. The van der Waals surface area contributed by atoms with Gasteiger partial charge >= 0.3 is 12.2 Å². The summed E-state index contributed by atoms with van der Waals surface area (Å²) in [5.74, 6) is -0.947. The van der Waals surface area contributed by atoms with E-state index in [2.05, 4.69) is 16.0 Å². The van der Waals surface area contributed by atoms with Crippen molar-refractivity contribution in [2.75, 3.05) is 16.8 Å². The topological polar surface area (TPSA) is 104 Å². The molecule has 12 heteroatoms. The Labute approximate surface area is 158 Å². The molecular weight excluding hydrogens is 411 g/mol. The van der Waals surface area contributed by atoms with Gasteiger partial charge in [0.25, 0.3) is 0 Å². The predicted octanol–water partition coefficient (Wildman–Crippen LogP) is 2.17. The molecule has 1 heterocycles. The number of alkyl halides is 3. The molecule has 7 nitrogen and oxygen atoms in total. The van der Waals surface area contributed by atoms with Crippen LogP contribution in [0.3, 0.4) is 0 Å². The number of benzene rings is 1. The number of urea groups is 1. The van der Waals surface area contributed by atoms with E-state index in [9.17, 15) is 31.2 Å². The van der Waals surface area contributed by atoms with Crippen molar-refractivity contribution >= 4 is 39.1 Å². The number of hydrogen-bond acceptors (Lipinski definition) is 4. The van der Waals surface area contributed by atoms with E-state index in [1.807, 2.05) is 0 Å². The van der Waals surface area contributed by atoms with E-state index in [-0.39, 0.29) is 23.6 Å². The average Bonchev–Trinajstić information content (AvgIpc) is 2.86. The number of nitrogens with one attached hydrogen (secondary N) is 3. The molecule has 1 aromatic carbocycles. The van der Waals surface area contributed by atoms with Gasteiger partial charge in [0.15, 0.2) is 9.84 Å². The van der Waals surface area contributed by atoms with Gasteiger partial charge in [0.2, 0.25) is 5.91 Å². The molecule has 0 radical (unpaired) electrons. The Balaban J connectivity index is 1.93. The second kappa shape index (κ2) is 7.93. The first kappa shape index (κ1) is 21.3. The maximum Gasteiger partial charge on any atom is 0.417 e. The minimum atomic E-state index is -4.68. The van der Waals surface area contributed by atoms with Crippen molar-refractivity contribution in [2.45, 2.75) is 31.6 Å². The molecule has 2 rings (SSSR count). The number of rotatable bonds is 4. The van der Waals surface area contributed by atoms with Crippen LogP contribution in [0.25, 0.3) is 0 Å². The maximum absolute atomic E-state index is 12.8. The zero-order chi connectivity index (χ0) is 20.4. The summed E-state index contributed by atoms with van der Waals surface area (Å²) < 4.78 is 61.2. The van der Waals surface area contributed by atoms with Crippen LogP contribution in [0.1, 0.15) is 18.9 Å². The van der Waals surface area contributed by atoms with Gasteiger partial charge < -0.3 is 16.0 Å². The molecule has 2 atom stereocenters. The molecule has 0 aliphatic carbocycles. The van der Waals surface area contributed by atoms with Gasteiger partial charge in [-0.3, -0.25) is 4.79 Å². The highest BCUT2D eigenvalue weighted by Gasteiger charge is 2.33. The smallest absolute Gasteiger partial charge is 0.334 e. The fraction of sp³-hybridized carbons (Fsp3) is 0.467. The lowest BCUT2D eigenvalue weighted by Crippen LogP contribution is -2.49. The van der Waals surface area contributed by atoms with Gasteiger partial charge in [-0.15, -0.1) is 0 Å². The fourth-order valence-corrected chi connectivity index (χ4v) is 4.37. The highest BCUT2D eigenvalue weighted by molar-refractivity contribution is 7.91. The van der Waals surface area contributed by atoms with Gasteiger partial charge in [-0.25, -0.2) is 13.2 Å². The molecule has 150 valence electrons. The number of halogens is 4. The number of amides is 3. The van der Waals surface area contributed by atoms with Crippen LogP contribution in [-0.4, -0.2) is 43.9 Å². The number of anilines is 1. The summed E-state index contributed by atoms with van der Waals surface area (Å²) in [5, 5.41) is 6.51. The molecule has 0 spiro atoms. The fourth-order valence-electron chi connectivity index (χ4n) is 2.47. The quantitative estimate of drug-likeness (QED) is 0.685. The van der Waals surface area contributed by atoms with Gasteiger partial charge in [-0.05, 0) is 31.5 Å². The average molecular weight is 428 g/mol. The van der Waals surface area contributed by atoms with E-state index in [1.165, 1.54) is 13.0 Å². The highest BCUT2D eigenvalue weighted by Crippen LogP contribution is 2.36. The Kier molecular flexibility index (Phi) is 6.25. The third-order valence-corrected chi connectivity index (χ3v) is 5.95. The minimum absolute atomic E-state index is 0.0217. The van der Waals surface area contributed by atoms with E-state index >= 15 is 0 Å². The summed E-state index contributed by atoms with van der Waals surface area (Å²) in [6, 6.07) is 0.531. The van der Waals surface area contributed by atoms with Crippen LogP contribution in [0.5, 0.6) is 0 Å². The third kappa shape index (κ3) is 5.99. The molecule has 1 fully saturated rings. The van der Waals surface area contributed by atoms with E-state index < -0.39 is 50.6 Å². The van der Waals surface area contributed by atoms with Crippen LogP contribution < -0.4 is 16.0 Å². The summed E-state index contributed by atoms with van der Waals surface area (Å²) in [6.45, 7) is 1.33. The monoisotopic (exact) mass is 427 g/mol.